The third kappa shape index (κ3) is 11.4. The molecule has 0 heterocycles. The molecule has 0 radical (unpaired) electrons. The summed E-state index contributed by atoms with van der Waals surface area (Å²) < 4.78 is 64.2. The third-order valence-electron chi connectivity index (χ3n) is 5.62. The largest absolute Gasteiger partial charge is 0.492 e. The second-order valence-electron chi connectivity index (χ2n) is 8.90. The monoisotopic (exact) mass is 542 g/mol. The number of nitrogens with zero attached hydrogens (tertiary/aromatic N) is 1. The van der Waals surface area contributed by atoms with Crippen LogP contribution in [0.4, 0.5) is 28.0 Å². The fourth-order valence-electron chi connectivity index (χ4n) is 3.64. The zero-order valence-corrected chi connectivity index (χ0v) is 21.5. The van der Waals surface area contributed by atoms with E-state index in [-0.39, 0.29) is 44.8 Å². The molecule has 2 aromatic carbocycles. The number of anilines is 1. The third-order valence-corrected chi connectivity index (χ3v) is 5.62. The number of ether oxygens (including phenoxy) is 2. The molecule has 1 unspecified atom stereocenters. The van der Waals surface area contributed by atoms with Gasteiger partial charge in [0.05, 0.1) is 12.2 Å². The van der Waals surface area contributed by atoms with Crippen LogP contribution < -0.4 is 10.1 Å². The van der Waals surface area contributed by atoms with Gasteiger partial charge in [-0.05, 0) is 56.5 Å². The molecule has 0 saturated carbocycles. The lowest BCUT2D eigenvalue weighted by atomic mass is 10.1. The number of aliphatic carboxylic acids is 1. The number of benzene rings is 2. The van der Waals surface area contributed by atoms with Crippen LogP contribution in [0.5, 0.6) is 5.75 Å². The maximum absolute atomic E-state index is 14.0. The van der Waals surface area contributed by atoms with Crippen molar-refractivity contribution in [2.45, 2.75) is 58.0 Å². The van der Waals surface area contributed by atoms with Crippen molar-refractivity contribution in [1.82, 2.24) is 4.90 Å². The van der Waals surface area contributed by atoms with Gasteiger partial charge in [0.2, 0.25) is 5.92 Å². The van der Waals surface area contributed by atoms with Gasteiger partial charge < -0.3 is 24.8 Å². The number of carboxylic acid groups (broad SMARTS) is 1. The number of urea groups is 1. The first-order valence-corrected chi connectivity index (χ1v) is 12.4. The van der Waals surface area contributed by atoms with Gasteiger partial charge in [0.15, 0.2) is 6.10 Å². The summed E-state index contributed by atoms with van der Waals surface area (Å²) in [7, 11) is 0. The first-order valence-electron chi connectivity index (χ1n) is 12.4. The van der Waals surface area contributed by atoms with Gasteiger partial charge in [-0.2, -0.15) is 0 Å². The Hall–Kier alpha value is -3.34. The molecule has 0 aliphatic heterocycles. The van der Waals surface area contributed by atoms with Crippen molar-refractivity contribution in [2.75, 3.05) is 31.6 Å². The van der Waals surface area contributed by atoms with Crippen LogP contribution in [-0.4, -0.2) is 60.3 Å². The number of carbonyl (C=O) groups is 2. The summed E-state index contributed by atoms with van der Waals surface area (Å²) in [6, 6.07) is 8.94. The van der Waals surface area contributed by atoms with Crippen molar-refractivity contribution >= 4 is 17.7 Å². The molecule has 0 aliphatic carbocycles. The van der Waals surface area contributed by atoms with Gasteiger partial charge in [-0.15, -0.1) is 0 Å². The lowest BCUT2D eigenvalue weighted by molar-refractivity contribution is -0.149. The molecule has 0 aromatic heterocycles. The highest BCUT2D eigenvalue weighted by atomic mass is 19.3. The van der Waals surface area contributed by atoms with Crippen molar-refractivity contribution < 1.29 is 41.7 Å². The van der Waals surface area contributed by atoms with Crippen LogP contribution in [0, 0.1) is 11.6 Å². The summed E-state index contributed by atoms with van der Waals surface area (Å²) in [5.41, 5.74) is 0.563. The number of alkyl halides is 2. The SMILES string of the molecule is CCOC(Cc1ccc(OCCN(CCCCCC(C)(F)F)C(=O)Nc2ccc(F)cc2F)cc1)C(=O)O. The molecule has 38 heavy (non-hydrogen) atoms. The van der Waals surface area contributed by atoms with Crippen molar-refractivity contribution in [3.63, 3.8) is 0 Å². The van der Waals surface area contributed by atoms with Crippen molar-refractivity contribution in [1.29, 1.82) is 0 Å². The zero-order valence-electron chi connectivity index (χ0n) is 21.5. The van der Waals surface area contributed by atoms with E-state index >= 15 is 0 Å². The maximum Gasteiger partial charge on any atom is 0.333 e. The number of nitrogens with one attached hydrogen (secondary N) is 1. The van der Waals surface area contributed by atoms with E-state index in [0.29, 0.717) is 31.1 Å². The minimum atomic E-state index is -2.75. The number of unbranched alkanes of at least 4 members (excludes halogenated alkanes) is 2. The first-order chi connectivity index (χ1) is 18.0. The molecule has 1 atom stereocenters. The van der Waals surface area contributed by atoms with E-state index in [9.17, 15) is 32.3 Å². The van der Waals surface area contributed by atoms with E-state index < -0.39 is 35.7 Å². The Balaban J connectivity index is 1.94. The number of halogens is 4. The Morgan fingerprint density at radius 1 is 1.05 bits per heavy atom. The summed E-state index contributed by atoms with van der Waals surface area (Å²) >= 11 is 0. The smallest absolute Gasteiger partial charge is 0.333 e. The van der Waals surface area contributed by atoms with Gasteiger partial charge in [0.1, 0.15) is 24.0 Å². The highest BCUT2D eigenvalue weighted by Crippen LogP contribution is 2.21. The summed E-state index contributed by atoms with van der Waals surface area (Å²) in [5.74, 6) is -5.00. The Kier molecular flexibility index (Phi) is 12.3. The van der Waals surface area contributed by atoms with Crippen LogP contribution in [0.2, 0.25) is 0 Å². The highest BCUT2D eigenvalue weighted by molar-refractivity contribution is 5.89. The van der Waals surface area contributed by atoms with Crippen LogP contribution in [0.3, 0.4) is 0 Å². The number of carbonyl (C=O) groups excluding carboxylic acids is 1. The number of hydrogen-bond acceptors (Lipinski definition) is 4. The van der Waals surface area contributed by atoms with E-state index in [4.69, 9.17) is 9.47 Å². The van der Waals surface area contributed by atoms with Gasteiger partial charge in [0, 0.05) is 32.1 Å². The molecule has 2 rings (SSSR count). The highest BCUT2D eigenvalue weighted by Gasteiger charge is 2.21. The van der Waals surface area contributed by atoms with Crippen LogP contribution >= 0.6 is 0 Å². The molecule has 0 saturated heterocycles. The number of carboxylic acids is 1. The Morgan fingerprint density at radius 2 is 1.76 bits per heavy atom. The molecular formula is C27H34F4N2O5. The van der Waals surface area contributed by atoms with Gasteiger partial charge in [0.25, 0.3) is 0 Å². The fraction of sp³-hybridized carbons (Fsp3) is 0.481. The topological polar surface area (TPSA) is 88.1 Å². The normalized spacial score (nSPS) is 12.2. The molecule has 0 spiro atoms. The zero-order chi connectivity index (χ0) is 28.1. The molecule has 2 amide bonds. The summed E-state index contributed by atoms with van der Waals surface area (Å²) in [6.07, 6.45) is 0.209. The Labute approximate surface area is 219 Å². The van der Waals surface area contributed by atoms with Crippen LogP contribution in [-0.2, 0) is 16.0 Å². The van der Waals surface area contributed by atoms with Crippen LogP contribution in [0.1, 0.15) is 45.1 Å². The van der Waals surface area contributed by atoms with Crippen LogP contribution in [0.25, 0.3) is 0 Å². The molecule has 0 bridgehead atoms. The molecule has 2 aromatic rings. The predicted molar refractivity (Wildman–Crippen MR) is 135 cm³/mol. The minimum Gasteiger partial charge on any atom is -0.492 e. The number of amides is 2. The molecule has 0 fully saturated rings. The second-order valence-corrected chi connectivity index (χ2v) is 8.90. The second kappa shape index (κ2) is 15.2. The lowest BCUT2D eigenvalue weighted by Gasteiger charge is -2.23. The van der Waals surface area contributed by atoms with Gasteiger partial charge >= 0.3 is 12.0 Å². The van der Waals surface area contributed by atoms with E-state index in [0.717, 1.165) is 24.6 Å². The number of hydrogen-bond donors (Lipinski definition) is 2. The van der Waals surface area contributed by atoms with Crippen LogP contribution in [0.15, 0.2) is 42.5 Å². The molecule has 11 heteroatoms. The average molecular weight is 543 g/mol. The van der Waals surface area contributed by atoms with Gasteiger partial charge in [-0.3, -0.25) is 0 Å². The maximum atomic E-state index is 14.0. The van der Waals surface area contributed by atoms with Crippen molar-refractivity contribution in [2.24, 2.45) is 0 Å². The van der Waals surface area contributed by atoms with E-state index in [1.54, 1.807) is 31.2 Å². The number of rotatable bonds is 16. The predicted octanol–water partition coefficient (Wildman–Crippen LogP) is 6.13. The summed E-state index contributed by atoms with van der Waals surface area (Å²) in [4.78, 5) is 25.4. The Bertz CT molecular complexity index is 1030. The quantitative estimate of drug-likeness (QED) is 0.197. The van der Waals surface area contributed by atoms with Crippen molar-refractivity contribution in [3.05, 3.63) is 59.7 Å². The lowest BCUT2D eigenvalue weighted by Crippen LogP contribution is -2.38. The van der Waals surface area contributed by atoms with E-state index in [1.807, 2.05) is 0 Å². The van der Waals surface area contributed by atoms with Gasteiger partial charge in [-0.1, -0.05) is 18.6 Å². The molecular weight excluding hydrogens is 508 g/mol. The van der Waals surface area contributed by atoms with Gasteiger partial charge in [-0.25, -0.2) is 27.2 Å². The molecule has 210 valence electrons. The standard InChI is InChI=1S/C27H34F4N2O5/c1-3-37-24(25(34)35)17-19-7-10-21(11-8-19)38-16-15-33(14-6-4-5-13-27(2,30)31)26(36)32-23-12-9-20(28)18-22(23)29/h7-12,18,24H,3-6,13-17H2,1-2H3,(H,32,36)(H,34,35). The summed E-state index contributed by atoms with van der Waals surface area (Å²) in [6.45, 7) is 3.28. The first kappa shape index (κ1) is 30.9. The van der Waals surface area contributed by atoms with Crippen molar-refractivity contribution in [3.8, 4) is 5.75 Å². The minimum absolute atomic E-state index is 0.0857. The molecule has 7 nitrogen and oxygen atoms in total. The summed E-state index contributed by atoms with van der Waals surface area (Å²) in [5, 5.41) is 11.6. The molecule has 2 N–H and O–H groups in total. The average Bonchev–Trinajstić information content (AvgIpc) is 2.84. The Morgan fingerprint density at radius 3 is 2.37 bits per heavy atom. The van der Waals surface area contributed by atoms with E-state index in [1.165, 1.54) is 4.90 Å². The fourth-order valence-corrected chi connectivity index (χ4v) is 3.64. The van der Waals surface area contributed by atoms with E-state index in [2.05, 4.69) is 5.32 Å². The molecule has 0 aliphatic rings.